The molecule has 2 aromatic heterocycles. The van der Waals surface area contributed by atoms with E-state index in [9.17, 15) is 9.59 Å². The van der Waals surface area contributed by atoms with E-state index < -0.39 is 0 Å². The third-order valence-electron chi connectivity index (χ3n) is 5.42. The highest BCUT2D eigenvalue weighted by atomic mass is 32.2. The van der Waals surface area contributed by atoms with Crippen molar-refractivity contribution < 1.29 is 14.0 Å². The SMILES string of the molecule is Cc1ccc(CNC(=O)c2cccc(-n3ccnc3SCC(=O)Nc3cccc(C)c3C)c2)o1. The van der Waals surface area contributed by atoms with Crippen LogP contribution in [0.15, 0.2) is 76.6 Å². The van der Waals surface area contributed by atoms with Crippen LogP contribution in [0.25, 0.3) is 5.69 Å². The lowest BCUT2D eigenvalue weighted by atomic mass is 10.1. The molecule has 34 heavy (non-hydrogen) atoms. The highest BCUT2D eigenvalue weighted by molar-refractivity contribution is 7.99. The molecule has 0 bridgehead atoms. The minimum atomic E-state index is -0.196. The Morgan fingerprint density at radius 3 is 2.68 bits per heavy atom. The lowest BCUT2D eigenvalue weighted by Gasteiger charge is -2.11. The van der Waals surface area contributed by atoms with Crippen molar-refractivity contribution in [2.45, 2.75) is 32.5 Å². The van der Waals surface area contributed by atoms with Crippen LogP contribution in [0, 0.1) is 20.8 Å². The van der Waals surface area contributed by atoms with E-state index in [0.717, 1.165) is 28.3 Å². The highest BCUT2D eigenvalue weighted by Crippen LogP contribution is 2.23. The minimum Gasteiger partial charge on any atom is -0.465 e. The standard InChI is InChI=1S/C26H26N4O3S/c1-17-6-4-9-23(19(17)3)29-24(31)16-34-26-27-12-13-30(26)21-8-5-7-20(14-21)25(32)28-15-22-11-10-18(2)33-22/h4-14H,15-16H2,1-3H3,(H,28,32)(H,29,31). The third kappa shape index (κ3) is 5.58. The summed E-state index contributed by atoms with van der Waals surface area (Å²) < 4.78 is 7.37. The number of hydrogen-bond acceptors (Lipinski definition) is 5. The van der Waals surface area contributed by atoms with Crippen LogP contribution in [0.5, 0.6) is 0 Å². The van der Waals surface area contributed by atoms with Crippen LogP contribution in [-0.4, -0.2) is 27.1 Å². The van der Waals surface area contributed by atoms with Crippen molar-refractivity contribution in [3.8, 4) is 5.69 Å². The van der Waals surface area contributed by atoms with Crippen molar-refractivity contribution >= 4 is 29.3 Å². The highest BCUT2D eigenvalue weighted by Gasteiger charge is 2.13. The molecule has 0 atom stereocenters. The molecule has 0 unspecified atom stereocenters. The van der Waals surface area contributed by atoms with Gasteiger partial charge in [0, 0.05) is 29.3 Å². The van der Waals surface area contributed by atoms with Crippen LogP contribution in [0.2, 0.25) is 0 Å². The van der Waals surface area contributed by atoms with Crippen LogP contribution >= 0.6 is 11.8 Å². The van der Waals surface area contributed by atoms with Crippen LogP contribution in [0.4, 0.5) is 5.69 Å². The zero-order valence-corrected chi connectivity index (χ0v) is 20.1. The van der Waals surface area contributed by atoms with E-state index >= 15 is 0 Å². The quantitative estimate of drug-likeness (QED) is 0.349. The van der Waals surface area contributed by atoms with E-state index in [2.05, 4.69) is 15.6 Å². The maximum atomic E-state index is 12.6. The molecule has 174 valence electrons. The average molecular weight is 475 g/mol. The number of imidazole rings is 1. The zero-order valence-electron chi connectivity index (χ0n) is 19.3. The number of aromatic nitrogens is 2. The van der Waals surface area contributed by atoms with Gasteiger partial charge in [0.05, 0.1) is 12.3 Å². The molecule has 7 nitrogen and oxygen atoms in total. The van der Waals surface area contributed by atoms with E-state index in [1.807, 2.05) is 74.0 Å². The van der Waals surface area contributed by atoms with E-state index in [4.69, 9.17) is 4.42 Å². The second-order valence-corrected chi connectivity index (χ2v) is 8.85. The summed E-state index contributed by atoms with van der Waals surface area (Å²) in [4.78, 5) is 29.5. The molecule has 0 aliphatic heterocycles. The van der Waals surface area contributed by atoms with Crippen LogP contribution in [0.3, 0.4) is 0 Å². The maximum absolute atomic E-state index is 12.6. The van der Waals surface area contributed by atoms with E-state index in [0.29, 0.717) is 23.0 Å². The van der Waals surface area contributed by atoms with E-state index in [1.165, 1.54) is 11.8 Å². The average Bonchev–Trinajstić information content (AvgIpc) is 3.48. The Bertz CT molecular complexity index is 1330. The molecule has 2 heterocycles. The number of benzene rings is 2. The first kappa shape index (κ1) is 23.4. The first-order valence-corrected chi connectivity index (χ1v) is 11.9. The smallest absolute Gasteiger partial charge is 0.251 e. The fraction of sp³-hybridized carbons (Fsp3) is 0.192. The van der Waals surface area contributed by atoms with Gasteiger partial charge >= 0.3 is 0 Å². The lowest BCUT2D eigenvalue weighted by Crippen LogP contribution is -2.22. The molecule has 0 saturated carbocycles. The monoisotopic (exact) mass is 474 g/mol. The number of carbonyl (C=O) groups is 2. The first-order chi connectivity index (χ1) is 16.4. The first-order valence-electron chi connectivity index (χ1n) is 10.9. The van der Waals surface area contributed by atoms with Gasteiger partial charge in [-0.3, -0.25) is 14.2 Å². The Morgan fingerprint density at radius 2 is 1.88 bits per heavy atom. The van der Waals surface area contributed by atoms with Gasteiger partial charge in [0.1, 0.15) is 11.5 Å². The van der Waals surface area contributed by atoms with Gasteiger partial charge in [-0.05, 0) is 68.3 Å². The lowest BCUT2D eigenvalue weighted by molar-refractivity contribution is -0.113. The molecule has 8 heteroatoms. The summed E-state index contributed by atoms with van der Waals surface area (Å²) in [5.41, 5.74) is 4.32. The molecule has 0 aliphatic rings. The summed E-state index contributed by atoms with van der Waals surface area (Å²) in [6, 6.07) is 16.8. The molecule has 4 aromatic rings. The summed E-state index contributed by atoms with van der Waals surface area (Å²) in [7, 11) is 0. The summed E-state index contributed by atoms with van der Waals surface area (Å²) >= 11 is 1.34. The van der Waals surface area contributed by atoms with Gasteiger partial charge in [0.25, 0.3) is 5.91 Å². The molecular formula is C26H26N4O3S. The van der Waals surface area contributed by atoms with E-state index in [1.54, 1.807) is 18.3 Å². The van der Waals surface area contributed by atoms with Crippen molar-refractivity contribution in [1.29, 1.82) is 0 Å². The number of aryl methyl sites for hydroxylation is 2. The Balaban J connectivity index is 1.40. The summed E-state index contributed by atoms with van der Waals surface area (Å²) in [5, 5.41) is 6.51. The summed E-state index contributed by atoms with van der Waals surface area (Å²) in [5.74, 6) is 1.42. The number of anilines is 1. The third-order valence-corrected chi connectivity index (χ3v) is 6.39. The normalized spacial score (nSPS) is 10.8. The fourth-order valence-corrected chi connectivity index (χ4v) is 4.22. The number of thioether (sulfide) groups is 1. The van der Waals surface area contributed by atoms with Gasteiger partial charge in [-0.25, -0.2) is 4.98 Å². The number of rotatable bonds is 8. The molecule has 0 radical (unpaired) electrons. The van der Waals surface area contributed by atoms with Crippen molar-refractivity contribution in [3.05, 3.63) is 95.2 Å². The molecule has 0 saturated heterocycles. The summed E-state index contributed by atoms with van der Waals surface area (Å²) in [6.45, 7) is 6.19. The molecule has 2 amide bonds. The number of carbonyl (C=O) groups excluding carboxylic acids is 2. The Kier molecular flexibility index (Phi) is 7.18. The molecule has 2 aromatic carbocycles. The minimum absolute atomic E-state index is 0.102. The molecular weight excluding hydrogens is 448 g/mol. The number of amides is 2. The van der Waals surface area contributed by atoms with Crippen molar-refractivity contribution in [2.24, 2.45) is 0 Å². The van der Waals surface area contributed by atoms with Gasteiger partial charge in [-0.15, -0.1) is 0 Å². The zero-order chi connectivity index (χ0) is 24.1. The Labute approximate surface area is 202 Å². The van der Waals surface area contributed by atoms with Crippen molar-refractivity contribution in [2.75, 3.05) is 11.1 Å². The van der Waals surface area contributed by atoms with Crippen LogP contribution in [-0.2, 0) is 11.3 Å². The molecule has 2 N–H and O–H groups in total. The largest absolute Gasteiger partial charge is 0.465 e. The topological polar surface area (TPSA) is 89.2 Å². The van der Waals surface area contributed by atoms with Gasteiger partial charge in [-0.2, -0.15) is 0 Å². The Hall–Kier alpha value is -3.78. The van der Waals surface area contributed by atoms with Crippen molar-refractivity contribution in [1.82, 2.24) is 14.9 Å². The molecule has 0 fully saturated rings. The summed E-state index contributed by atoms with van der Waals surface area (Å²) in [6.07, 6.45) is 3.49. The number of hydrogen-bond donors (Lipinski definition) is 2. The van der Waals surface area contributed by atoms with Gasteiger partial charge in [-0.1, -0.05) is 30.0 Å². The maximum Gasteiger partial charge on any atom is 0.251 e. The number of nitrogens with one attached hydrogen (secondary N) is 2. The number of nitrogens with zero attached hydrogens (tertiary/aromatic N) is 2. The molecule has 0 spiro atoms. The molecule has 4 rings (SSSR count). The number of furan rings is 1. The van der Waals surface area contributed by atoms with Crippen LogP contribution < -0.4 is 10.6 Å². The fourth-order valence-electron chi connectivity index (χ4n) is 3.44. The predicted molar refractivity (Wildman–Crippen MR) is 133 cm³/mol. The van der Waals surface area contributed by atoms with Crippen LogP contribution in [0.1, 0.15) is 33.0 Å². The van der Waals surface area contributed by atoms with Gasteiger partial charge < -0.3 is 15.1 Å². The second kappa shape index (κ2) is 10.4. The van der Waals surface area contributed by atoms with Crippen molar-refractivity contribution in [3.63, 3.8) is 0 Å². The van der Waals surface area contributed by atoms with Gasteiger partial charge in [0.2, 0.25) is 5.91 Å². The van der Waals surface area contributed by atoms with E-state index in [-0.39, 0.29) is 17.6 Å². The second-order valence-electron chi connectivity index (χ2n) is 7.91. The Morgan fingerprint density at radius 1 is 1.06 bits per heavy atom. The molecule has 0 aliphatic carbocycles. The van der Waals surface area contributed by atoms with Gasteiger partial charge in [0.15, 0.2) is 5.16 Å². The predicted octanol–water partition coefficient (Wildman–Crippen LogP) is 5.05.